The minimum Gasteiger partial charge on any atom is -0.293 e. The molecule has 0 aromatic carbocycles. The third-order valence-corrected chi connectivity index (χ3v) is 1.14. The van der Waals surface area contributed by atoms with Crippen molar-refractivity contribution in [3.05, 3.63) is 22.6 Å². The molecule has 8 heavy (non-hydrogen) atoms. The molecule has 1 rings (SSSR count). The Morgan fingerprint density at radius 1 is 1.62 bits per heavy atom. The molecule has 1 heterocycles. The largest absolute Gasteiger partial charge is 0.293 e. The van der Waals surface area contributed by atoms with Crippen LogP contribution in [-0.2, 0) is 14.1 Å². The summed E-state index contributed by atoms with van der Waals surface area (Å²) >= 11 is 0. The molecule has 0 aliphatic heterocycles. The highest BCUT2D eigenvalue weighted by Gasteiger charge is 1.89. The standard InChI is InChI=1S/C5H7N2O/c1-6-4-3-5(8)7(6)2/h4H,1-2H3. The van der Waals surface area contributed by atoms with Gasteiger partial charge in [-0.2, -0.15) is 0 Å². The maximum Gasteiger partial charge on any atom is 0.274 e. The maximum absolute atomic E-state index is 10.5. The van der Waals surface area contributed by atoms with Crippen molar-refractivity contribution in [2.45, 2.75) is 0 Å². The number of hydrogen-bond acceptors (Lipinski definition) is 1. The van der Waals surface area contributed by atoms with E-state index in [-0.39, 0.29) is 5.56 Å². The molecule has 0 saturated heterocycles. The van der Waals surface area contributed by atoms with Gasteiger partial charge in [-0.1, -0.05) is 0 Å². The molecule has 1 aromatic rings. The van der Waals surface area contributed by atoms with Crippen LogP contribution in [0.3, 0.4) is 0 Å². The van der Waals surface area contributed by atoms with Crippen molar-refractivity contribution in [2.75, 3.05) is 0 Å². The normalized spacial score (nSPS) is 9.75. The Kier molecular flexibility index (Phi) is 0.970. The van der Waals surface area contributed by atoms with Crippen molar-refractivity contribution in [1.29, 1.82) is 0 Å². The van der Waals surface area contributed by atoms with Crippen LogP contribution in [0.15, 0.2) is 11.0 Å². The zero-order chi connectivity index (χ0) is 6.15. The Morgan fingerprint density at radius 2 is 2.25 bits per heavy atom. The van der Waals surface area contributed by atoms with Crippen LogP contribution >= 0.6 is 0 Å². The first-order chi connectivity index (χ1) is 3.72. The van der Waals surface area contributed by atoms with E-state index in [4.69, 9.17) is 0 Å². The van der Waals surface area contributed by atoms with E-state index in [9.17, 15) is 4.79 Å². The summed E-state index contributed by atoms with van der Waals surface area (Å²) < 4.78 is 3.14. The quantitative estimate of drug-likeness (QED) is 0.444. The Morgan fingerprint density at radius 3 is 2.38 bits per heavy atom. The van der Waals surface area contributed by atoms with Gasteiger partial charge in [-0.25, -0.2) is 0 Å². The molecule has 0 fully saturated rings. The lowest BCUT2D eigenvalue weighted by Crippen LogP contribution is -2.16. The molecule has 0 unspecified atom stereocenters. The van der Waals surface area contributed by atoms with E-state index in [0.717, 1.165) is 0 Å². The van der Waals surface area contributed by atoms with Crippen LogP contribution in [0.1, 0.15) is 0 Å². The molecule has 0 spiro atoms. The van der Waals surface area contributed by atoms with Gasteiger partial charge in [0.1, 0.15) is 0 Å². The van der Waals surface area contributed by atoms with Crippen LogP contribution in [0.4, 0.5) is 0 Å². The molecule has 0 bridgehead atoms. The van der Waals surface area contributed by atoms with Crippen molar-refractivity contribution < 1.29 is 0 Å². The molecule has 1 aromatic heterocycles. The number of rotatable bonds is 0. The summed E-state index contributed by atoms with van der Waals surface area (Å²) in [6.45, 7) is 0. The fourth-order valence-corrected chi connectivity index (χ4v) is 0.472. The van der Waals surface area contributed by atoms with Gasteiger partial charge in [0, 0.05) is 20.3 Å². The molecule has 3 heteroatoms. The fourth-order valence-electron chi connectivity index (χ4n) is 0.472. The van der Waals surface area contributed by atoms with Gasteiger partial charge in [0.25, 0.3) is 5.56 Å². The third kappa shape index (κ3) is 0.559. The minimum absolute atomic E-state index is 0.0903. The van der Waals surface area contributed by atoms with Crippen LogP contribution in [0.25, 0.3) is 0 Å². The van der Waals surface area contributed by atoms with E-state index in [0.29, 0.717) is 0 Å². The zero-order valence-corrected chi connectivity index (χ0v) is 4.88. The second-order valence-corrected chi connectivity index (χ2v) is 1.68. The molecule has 43 valence electrons. The average molecular weight is 111 g/mol. The maximum atomic E-state index is 10.5. The predicted octanol–water partition coefficient (Wildman–Crippen LogP) is -0.476. The lowest BCUT2D eigenvalue weighted by Gasteiger charge is -1.94. The topological polar surface area (TPSA) is 26.9 Å². The molecule has 0 N–H and O–H groups in total. The van der Waals surface area contributed by atoms with Crippen molar-refractivity contribution in [2.24, 2.45) is 14.1 Å². The highest BCUT2D eigenvalue weighted by molar-refractivity contribution is 4.77. The van der Waals surface area contributed by atoms with E-state index in [1.807, 2.05) is 0 Å². The van der Waals surface area contributed by atoms with Gasteiger partial charge in [0.15, 0.2) is 0 Å². The average Bonchev–Trinajstić information content (AvgIpc) is 1.98. The van der Waals surface area contributed by atoms with Crippen LogP contribution in [0, 0.1) is 6.07 Å². The Labute approximate surface area is 47.1 Å². The van der Waals surface area contributed by atoms with Crippen LogP contribution in [0.2, 0.25) is 0 Å². The van der Waals surface area contributed by atoms with Crippen LogP contribution in [-0.4, -0.2) is 9.36 Å². The van der Waals surface area contributed by atoms with E-state index in [2.05, 4.69) is 6.07 Å². The lowest BCUT2D eigenvalue weighted by molar-refractivity contribution is 0.579. The SMILES string of the molecule is Cn1c[c]c(=O)n1C. The van der Waals surface area contributed by atoms with E-state index < -0.39 is 0 Å². The summed E-state index contributed by atoms with van der Waals surface area (Å²) in [7, 11) is 3.48. The fraction of sp³-hybridized carbons (Fsp3) is 0.400. The van der Waals surface area contributed by atoms with Crippen molar-refractivity contribution >= 4 is 0 Å². The highest BCUT2D eigenvalue weighted by Crippen LogP contribution is 1.71. The van der Waals surface area contributed by atoms with E-state index >= 15 is 0 Å². The van der Waals surface area contributed by atoms with Gasteiger partial charge in [0.2, 0.25) is 0 Å². The molecular formula is C5H7N2O. The summed E-state index contributed by atoms with van der Waals surface area (Å²) in [5, 5.41) is 0. The van der Waals surface area contributed by atoms with Gasteiger partial charge in [-0.15, -0.1) is 0 Å². The second kappa shape index (κ2) is 1.51. The molecule has 3 nitrogen and oxygen atoms in total. The monoisotopic (exact) mass is 111 g/mol. The first kappa shape index (κ1) is 5.15. The lowest BCUT2D eigenvalue weighted by atomic mass is 10.7. The van der Waals surface area contributed by atoms with Crippen LogP contribution < -0.4 is 5.56 Å². The summed E-state index contributed by atoms with van der Waals surface area (Å²) in [6.07, 6.45) is 1.60. The number of aromatic nitrogens is 2. The van der Waals surface area contributed by atoms with Gasteiger partial charge in [-0.3, -0.25) is 14.2 Å². The van der Waals surface area contributed by atoms with Crippen molar-refractivity contribution in [3.63, 3.8) is 0 Å². The molecule has 0 saturated carbocycles. The summed E-state index contributed by atoms with van der Waals surface area (Å²) in [5.41, 5.74) is -0.0903. The predicted molar refractivity (Wildman–Crippen MR) is 29.5 cm³/mol. The minimum atomic E-state index is -0.0903. The first-order valence-corrected chi connectivity index (χ1v) is 2.32. The van der Waals surface area contributed by atoms with Gasteiger partial charge in [0.05, 0.1) is 6.07 Å². The molecule has 0 atom stereocenters. The zero-order valence-electron chi connectivity index (χ0n) is 4.88. The Bertz CT molecular complexity index is 233. The first-order valence-electron chi connectivity index (χ1n) is 2.32. The second-order valence-electron chi connectivity index (χ2n) is 1.68. The molecular weight excluding hydrogens is 104 g/mol. The number of aryl methyl sites for hydroxylation is 1. The van der Waals surface area contributed by atoms with Gasteiger partial charge < -0.3 is 0 Å². The summed E-state index contributed by atoms with van der Waals surface area (Å²) in [6, 6.07) is 2.51. The Balaban J connectivity index is 3.41. The molecule has 0 aliphatic carbocycles. The molecule has 0 aliphatic rings. The summed E-state index contributed by atoms with van der Waals surface area (Å²) in [5.74, 6) is 0. The van der Waals surface area contributed by atoms with Crippen LogP contribution in [0.5, 0.6) is 0 Å². The highest BCUT2D eigenvalue weighted by atomic mass is 16.1. The molecule has 1 radical (unpaired) electrons. The van der Waals surface area contributed by atoms with Gasteiger partial charge >= 0.3 is 0 Å². The van der Waals surface area contributed by atoms with Gasteiger partial charge in [-0.05, 0) is 0 Å². The summed E-state index contributed by atoms with van der Waals surface area (Å²) in [4.78, 5) is 10.5. The molecule has 0 amide bonds. The van der Waals surface area contributed by atoms with E-state index in [1.165, 1.54) is 4.68 Å². The number of hydrogen-bond donors (Lipinski definition) is 0. The third-order valence-electron chi connectivity index (χ3n) is 1.14. The van der Waals surface area contributed by atoms with E-state index in [1.54, 1.807) is 25.0 Å². The van der Waals surface area contributed by atoms with Crippen molar-refractivity contribution in [1.82, 2.24) is 9.36 Å². The van der Waals surface area contributed by atoms with Crippen molar-refractivity contribution in [3.8, 4) is 0 Å². The smallest absolute Gasteiger partial charge is 0.274 e. The Hall–Kier alpha value is -0.990. The number of nitrogens with zero attached hydrogens (tertiary/aromatic N) is 2.